The molecule has 0 fully saturated rings. The first-order chi connectivity index (χ1) is 9.00. The third kappa shape index (κ3) is 2.65. The van der Waals surface area contributed by atoms with Crippen LogP contribution in [0.1, 0.15) is 20.8 Å². The van der Waals surface area contributed by atoms with Gasteiger partial charge in [-0.25, -0.2) is 9.78 Å². The first-order valence-corrected chi connectivity index (χ1v) is 6.09. The lowest BCUT2D eigenvalue weighted by Gasteiger charge is -2.10. The Balaban J connectivity index is 2.36. The van der Waals surface area contributed by atoms with Crippen LogP contribution in [0.25, 0.3) is 0 Å². The highest BCUT2D eigenvalue weighted by Gasteiger charge is 2.17. The number of amides is 1. The summed E-state index contributed by atoms with van der Waals surface area (Å²) in [6, 6.07) is 4.67. The number of carboxylic acids is 1. The van der Waals surface area contributed by atoms with E-state index in [2.05, 4.69) is 26.2 Å². The van der Waals surface area contributed by atoms with Crippen LogP contribution in [-0.4, -0.2) is 26.5 Å². The minimum Gasteiger partial charge on any atom is -0.478 e. The number of carbonyl (C=O) groups excluding carboxylic acids is 1. The highest BCUT2D eigenvalue weighted by molar-refractivity contribution is 9.10. The van der Waals surface area contributed by atoms with Gasteiger partial charge >= 0.3 is 5.97 Å². The Bertz CT molecular complexity index is 651. The van der Waals surface area contributed by atoms with Gasteiger partial charge in [-0.15, -0.1) is 0 Å². The van der Waals surface area contributed by atoms with E-state index < -0.39 is 11.9 Å². The average Bonchev–Trinajstić information content (AvgIpc) is 2.77. The van der Waals surface area contributed by atoms with Crippen molar-refractivity contribution in [3.8, 4) is 0 Å². The molecule has 2 N–H and O–H groups in total. The van der Waals surface area contributed by atoms with Gasteiger partial charge in [-0.3, -0.25) is 4.79 Å². The van der Waals surface area contributed by atoms with E-state index in [4.69, 9.17) is 5.11 Å². The van der Waals surface area contributed by atoms with Gasteiger partial charge in [-0.05, 0) is 28.1 Å². The van der Waals surface area contributed by atoms with Gasteiger partial charge < -0.3 is 15.0 Å². The van der Waals surface area contributed by atoms with E-state index in [0.717, 1.165) is 0 Å². The fourth-order valence-electron chi connectivity index (χ4n) is 1.58. The number of rotatable bonds is 3. The van der Waals surface area contributed by atoms with Crippen LogP contribution < -0.4 is 5.32 Å². The lowest BCUT2D eigenvalue weighted by atomic mass is 10.2. The molecule has 0 aliphatic carbocycles. The van der Waals surface area contributed by atoms with Gasteiger partial charge in [-0.2, -0.15) is 0 Å². The first kappa shape index (κ1) is 13.3. The smallest absolute Gasteiger partial charge is 0.337 e. The van der Waals surface area contributed by atoms with E-state index in [1.165, 1.54) is 18.6 Å². The molecular weight excluding hydrogens is 314 g/mol. The normalized spacial score (nSPS) is 10.2. The molecule has 2 aromatic rings. The summed E-state index contributed by atoms with van der Waals surface area (Å²) < 4.78 is 2.05. The van der Waals surface area contributed by atoms with Crippen LogP contribution in [0.15, 0.2) is 35.2 Å². The van der Waals surface area contributed by atoms with Gasteiger partial charge in [0.15, 0.2) is 0 Å². The lowest BCUT2D eigenvalue weighted by molar-refractivity contribution is 0.0698. The maximum Gasteiger partial charge on any atom is 0.337 e. The van der Waals surface area contributed by atoms with Crippen molar-refractivity contribution in [3.05, 3.63) is 46.5 Å². The molecule has 1 aromatic heterocycles. The molecule has 19 heavy (non-hydrogen) atoms. The minimum absolute atomic E-state index is 0.0184. The molecule has 6 nitrogen and oxygen atoms in total. The molecule has 98 valence electrons. The number of aromatic carboxylic acids is 1. The van der Waals surface area contributed by atoms with Crippen LogP contribution in [0.3, 0.4) is 0 Å². The summed E-state index contributed by atoms with van der Waals surface area (Å²) in [7, 11) is 1.68. The maximum absolute atomic E-state index is 12.0. The molecule has 0 radical (unpaired) electrons. The summed E-state index contributed by atoms with van der Waals surface area (Å²) >= 11 is 3.23. The highest BCUT2D eigenvalue weighted by Crippen LogP contribution is 2.27. The van der Waals surface area contributed by atoms with Crippen molar-refractivity contribution in [2.75, 3.05) is 5.32 Å². The van der Waals surface area contributed by atoms with Crippen LogP contribution >= 0.6 is 15.9 Å². The molecule has 7 heteroatoms. The SMILES string of the molecule is Cn1cncc1C(=O)Nc1c(Br)cccc1C(=O)O. The molecule has 0 aliphatic heterocycles. The van der Waals surface area contributed by atoms with Gasteiger partial charge in [-0.1, -0.05) is 6.07 Å². The van der Waals surface area contributed by atoms with Crippen LogP contribution in [-0.2, 0) is 7.05 Å². The molecule has 1 amide bonds. The van der Waals surface area contributed by atoms with Crippen LogP contribution in [0.4, 0.5) is 5.69 Å². The Morgan fingerprint density at radius 3 is 2.74 bits per heavy atom. The number of nitrogens with zero attached hydrogens (tertiary/aromatic N) is 2. The summed E-state index contributed by atoms with van der Waals surface area (Å²) in [4.78, 5) is 27.0. The van der Waals surface area contributed by atoms with E-state index in [9.17, 15) is 9.59 Å². The predicted molar refractivity (Wildman–Crippen MR) is 72.3 cm³/mol. The fraction of sp³-hybridized carbons (Fsp3) is 0.0833. The molecule has 0 unspecified atom stereocenters. The number of carbonyl (C=O) groups is 2. The summed E-state index contributed by atoms with van der Waals surface area (Å²) in [6.45, 7) is 0. The van der Waals surface area contributed by atoms with Crippen molar-refractivity contribution in [3.63, 3.8) is 0 Å². The zero-order chi connectivity index (χ0) is 14.0. The quantitative estimate of drug-likeness (QED) is 0.906. The number of benzene rings is 1. The molecule has 0 atom stereocenters. The molecule has 0 spiro atoms. The summed E-state index contributed by atoms with van der Waals surface area (Å²) in [6.07, 6.45) is 2.90. The van der Waals surface area contributed by atoms with Crippen LogP contribution in [0.2, 0.25) is 0 Å². The Kier molecular flexibility index (Phi) is 3.66. The second-order valence-corrected chi connectivity index (χ2v) is 4.67. The van der Waals surface area contributed by atoms with Crippen molar-refractivity contribution in [1.29, 1.82) is 0 Å². The Morgan fingerprint density at radius 1 is 1.42 bits per heavy atom. The predicted octanol–water partition coefficient (Wildman–Crippen LogP) is 2.13. The average molecular weight is 324 g/mol. The number of aryl methyl sites for hydroxylation is 1. The molecule has 0 saturated carbocycles. The van der Waals surface area contributed by atoms with Crippen LogP contribution in [0, 0.1) is 0 Å². The molecular formula is C12H10BrN3O3. The Labute approximate surface area is 117 Å². The number of carboxylic acid groups (broad SMARTS) is 1. The number of aromatic nitrogens is 2. The van der Waals surface area contributed by atoms with Crippen LogP contribution in [0.5, 0.6) is 0 Å². The lowest BCUT2D eigenvalue weighted by Crippen LogP contribution is -2.17. The standard InChI is InChI=1S/C12H10BrN3O3/c1-16-6-14-5-9(16)11(17)15-10-7(12(18)19)3-2-4-8(10)13/h2-6H,1H3,(H,15,17)(H,18,19). The number of halogens is 1. The van der Waals surface area contributed by atoms with Gasteiger partial charge in [0.2, 0.25) is 0 Å². The third-order valence-corrected chi connectivity index (χ3v) is 3.19. The van der Waals surface area contributed by atoms with Gasteiger partial charge in [0.1, 0.15) is 5.69 Å². The van der Waals surface area contributed by atoms with E-state index in [-0.39, 0.29) is 11.3 Å². The van der Waals surface area contributed by atoms with Crippen molar-refractivity contribution in [1.82, 2.24) is 9.55 Å². The Morgan fingerprint density at radius 2 is 2.16 bits per heavy atom. The zero-order valence-corrected chi connectivity index (χ0v) is 11.5. The first-order valence-electron chi connectivity index (χ1n) is 5.30. The topological polar surface area (TPSA) is 84.2 Å². The molecule has 0 saturated heterocycles. The maximum atomic E-state index is 12.0. The number of anilines is 1. The zero-order valence-electron chi connectivity index (χ0n) is 9.92. The minimum atomic E-state index is -1.11. The molecule has 0 bridgehead atoms. The van der Waals surface area contributed by atoms with E-state index in [0.29, 0.717) is 10.2 Å². The summed E-state index contributed by atoms with van der Waals surface area (Å²) in [5.74, 6) is -1.53. The highest BCUT2D eigenvalue weighted by atomic mass is 79.9. The van der Waals surface area contributed by atoms with Gasteiger partial charge in [0, 0.05) is 11.5 Å². The van der Waals surface area contributed by atoms with E-state index >= 15 is 0 Å². The Hall–Kier alpha value is -2.15. The van der Waals surface area contributed by atoms with Crippen molar-refractivity contribution in [2.45, 2.75) is 0 Å². The third-order valence-electron chi connectivity index (χ3n) is 2.53. The monoisotopic (exact) mass is 323 g/mol. The number of imidazole rings is 1. The number of hydrogen-bond donors (Lipinski definition) is 2. The largest absolute Gasteiger partial charge is 0.478 e. The molecule has 0 aliphatic rings. The van der Waals surface area contributed by atoms with E-state index in [1.807, 2.05) is 0 Å². The van der Waals surface area contributed by atoms with Gasteiger partial charge in [0.25, 0.3) is 5.91 Å². The summed E-state index contributed by atoms with van der Waals surface area (Å²) in [5.41, 5.74) is 0.582. The van der Waals surface area contributed by atoms with Crippen molar-refractivity contribution in [2.24, 2.45) is 7.05 Å². The second kappa shape index (κ2) is 5.23. The molecule has 1 heterocycles. The molecule has 1 aromatic carbocycles. The molecule has 2 rings (SSSR count). The van der Waals surface area contributed by atoms with Crippen molar-refractivity contribution < 1.29 is 14.7 Å². The number of para-hydroxylation sites is 1. The van der Waals surface area contributed by atoms with Gasteiger partial charge in [0.05, 0.1) is 23.8 Å². The summed E-state index contributed by atoms with van der Waals surface area (Å²) in [5, 5.41) is 11.7. The van der Waals surface area contributed by atoms with E-state index in [1.54, 1.807) is 23.7 Å². The number of nitrogens with one attached hydrogen (secondary N) is 1. The fourth-order valence-corrected chi connectivity index (χ4v) is 2.05. The van der Waals surface area contributed by atoms with Crippen molar-refractivity contribution >= 4 is 33.5 Å². The number of hydrogen-bond acceptors (Lipinski definition) is 3. The second-order valence-electron chi connectivity index (χ2n) is 3.81.